The van der Waals surface area contributed by atoms with E-state index in [4.69, 9.17) is 0 Å². The number of benzene rings is 2. The molecule has 0 aliphatic carbocycles. The highest BCUT2D eigenvalue weighted by atomic mass is 32.2. The Morgan fingerprint density at radius 2 is 2.00 bits per heavy atom. The van der Waals surface area contributed by atoms with E-state index in [1.807, 2.05) is 25.1 Å². The number of carbonyl (C=O) groups is 2. The molecule has 1 aromatic heterocycles. The van der Waals surface area contributed by atoms with E-state index in [1.165, 1.54) is 28.6 Å². The number of hydrogen-bond donors (Lipinski definition) is 2. The Labute approximate surface area is 170 Å². The van der Waals surface area contributed by atoms with E-state index in [-0.39, 0.29) is 35.8 Å². The largest absolute Gasteiger partial charge is 0.508 e. The number of carbonyl (C=O) groups excluding carboxylic acids is 2. The van der Waals surface area contributed by atoms with E-state index in [9.17, 15) is 14.7 Å². The van der Waals surface area contributed by atoms with Crippen LogP contribution in [-0.4, -0.2) is 48.9 Å². The van der Waals surface area contributed by atoms with Gasteiger partial charge in [0, 0.05) is 12.5 Å². The van der Waals surface area contributed by atoms with Crippen molar-refractivity contribution in [1.82, 2.24) is 20.2 Å². The topological polar surface area (TPSA) is 113 Å². The second-order valence-electron chi connectivity index (χ2n) is 6.56. The summed E-state index contributed by atoms with van der Waals surface area (Å²) in [4.78, 5) is 26.8. The fraction of sp³-hybridized carbons (Fsp3) is 0.211. The lowest BCUT2D eigenvalue weighted by Gasteiger charge is -2.27. The van der Waals surface area contributed by atoms with Crippen LogP contribution in [-0.2, 0) is 9.59 Å². The summed E-state index contributed by atoms with van der Waals surface area (Å²) in [5.41, 5.74) is 1.97. The average Bonchev–Trinajstić information content (AvgIpc) is 3.12. The third kappa shape index (κ3) is 3.92. The number of phenols is 1. The number of aromatic hydroxyl groups is 1. The molecule has 10 heteroatoms. The van der Waals surface area contributed by atoms with Crippen molar-refractivity contribution in [3.05, 3.63) is 48.5 Å². The number of phenolic OH excluding ortho intramolecular Hbond substituents is 1. The van der Waals surface area contributed by atoms with Crippen molar-refractivity contribution in [2.75, 3.05) is 16.0 Å². The molecule has 0 unspecified atom stereocenters. The van der Waals surface area contributed by atoms with Crippen LogP contribution in [0, 0.1) is 0 Å². The number of tetrazole rings is 1. The molecule has 2 heterocycles. The second-order valence-corrected chi connectivity index (χ2v) is 7.50. The number of aromatic nitrogens is 4. The Hall–Kier alpha value is -3.40. The van der Waals surface area contributed by atoms with Crippen LogP contribution in [0.25, 0.3) is 5.69 Å². The molecule has 1 aliphatic heterocycles. The van der Waals surface area contributed by atoms with Gasteiger partial charge in [-0.25, -0.2) is 0 Å². The van der Waals surface area contributed by atoms with Crippen molar-refractivity contribution in [3.8, 4) is 11.4 Å². The molecule has 1 aliphatic rings. The number of amides is 2. The van der Waals surface area contributed by atoms with E-state index < -0.39 is 0 Å². The Morgan fingerprint density at radius 3 is 2.79 bits per heavy atom. The molecular weight excluding hydrogens is 392 g/mol. The van der Waals surface area contributed by atoms with Crippen molar-refractivity contribution < 1.29 is 14.7 Å². The van der Waals surface area contributed by atoms with E-state index in [1.54, 1.807) is 23.1 Å². The van der Waals surface area contributed by atoms with Crippen LogP contribution in [0.1, 0.15) is 13.3 Å². The molecular formula is C19H18N6O3S. The van der Waals surface area contributed by atoms with Crippen LogP contribution in [0.3, 0.4) is 0 Å². The minimum Gasteiger partial charge on any atom is -0.508 e. The monoisotopic (exact) mass is 410 g/mol. The lowest BCUT2D eigenvalue weighted by Crippen LogP contribution is -2.40. The highest BCUT2D eigenvalue weighted by Gasteiger charge is 2.29. The van der Waals surface area contributed by atoms with E-state index in [0.29, 0.717) is 22.2 Å². The van der Waals surface area contributed by atoms with Crippen molar-refractivity contribution in [3.63, 3.8) is 0 Å². The number of anilines is 2. The van der Waals surface area contributed by atoms with Gasteiger partial charge in [-0.05, 0) is 53.7 Å². The predicted octanol–water partition coefficient (Wildman–Crippen LogP) is 2.22. The maximum Gasteiger partial charge on any atom is 0.237 e. The first kappa shape index (κ1) is 18.9. The van der Waals surface area contributed by atoms with Gasteiger partial charge in [-0.15, -0.1) is 5.10 Å². The maximum atomic E-state index is 13.1. The van der Waals surface area contributed by atoms with Crippen LogP contribution in [0.15, 0.2) is 53.7 Å². The molecule has 29 heavy (non-hydrogen) atoms. The predicted molar refractivity (Wildman–Crippen MR) is 108 cm³/mol. The van der Waals surface area contributed by atoms with Crippen LogP contribution in [0.2, 0.25) is 0 Å². The van der Waals surface area contributed by atoms with Gasteiger partial charge in [0.2, 0.25) is 17.0 Å². The minimum absolute atomic E-state index is 0.103. The quantitative estimate of drug-likeness (QED) is 0.634. The molecule has 9 nitrogen and oxygen atoms in total. The Balaban J connectivity index is 1.54. The van der Waals surface area contributed by atoms with Gasteiger partial charge in [-0.1, -0.05) is 23.9 Å². The lowest BCUT2D eigenvalue weighted by molar-refractivity contribution is -0.117. The van der Waals surface area contributed by atoms with Gasteiger partial charge in [0.25, 0.3) is 0 Å². The lowest BCUT2D eigenvalue weighted by atomic mass is 10.2. The molecule has 1 atom stereocenters. The van der Waals surface area contributed by atoms with Gasteiger partial charge in [0.1, 0.15) is 5.75 Å². The standard InChI is InChI=1S/C19H18N6O3S/c1-12-10-17(27)20-15-4-2-3-5-16(15)24(12)18(28)11-29-19-21-22-23-25(19)13-6-8-14(26)9-7-13/h2-9,12,26H,10-11H2,1H3,(H,20,27)/t12-/m0/s1. The maximum absolute atomic E-state index is 13.1. The third-order valence-corrected chi connectivity index (χ3v) is 5.39. The summed E-state index contributed by atoms with van der Waals surface area (Å²) in [6.07, 6.45) is 0.219. The number of rotatable bonds is 4. The molecule has 0 spiro atoms. The highest BCUT2D eigenvalue weighted by molar-refractivity contribution is 7.99. The fourth-order valence-electron chi connectivity index (χ4n) is 3.19. The number of fused-ring (bicyclic) bond motifs is 1. The smallest absolute Gasteiger partial charge is 0.237 e. The first-order valence-corrected chi connectivity index (χ1v) is 9.93. The Bertz CT molecular complexity index is 1050. The summed E-state index contributed by atoms with van der Waals surface area (Å²) in [5, 5.41) is 24.4. The van der Waals surface area contributed by atoms with E-state index in [2.05, 4.69) is 20.8 Å². The first-order valence-electron chi connectivity index (χ1n) is 8.94. The van der Waals surface area contributed by atoms with Crippen LogP contribution in [0.5, 0.6) is 5.75 Å². The molecule has 2 amide bonds. The number of para-hydroxylation sites is 2. The highest BCUT2D eigenvalue weighted by Crippen LogP contribution is 2.32. The van der Waals surface area contributed by atoms with Gasteiger partial charge in [0.05, 0.1) is 22.8 Å². The molecule has 0 saturated heterocycles. The molecule has 0 saturated carbocycles. The molecule has 4 rings (SSSR count). The zero-order valence-corrected chi connectivity index (χ0v) is 16.3. The summed E-state index contributed by atoms with van der Waals surface area (Å²) >= 11 is 1.21. The molecule has 0 fully saturated rings. The molecule has 2 N–H and O–H groups in total. The molecule has 148 valence electrons. The van der Waals surface area contributed by atoms with Crippen LogP contribution >= 0.6 is 11.8 Å². The average molecular weight is 410 g/mol. The summed E-state index contributed by atoms with van der Waals surface area (Å²) in [6.45, 7) is 1.85. The first-order chi connectivity index (χ1) is 14.0. The SMILES string of the molecule is C[C@H]1CC(=O)Nc2ccccc2N1C(=O)CSc1nnnn1-c1ccc(O)cc1. The summed E-state index contributed by atoms with van der Waals surface area (Å²) < 4.78 is 1.50. The van der Waals surface area contributed by atoms with Gasteiger partial charge >= 0.3 is 0 Å². The number of nitrogens with one attached hydrogen (secondary N) is 1. The number of thioether (sulfide) groups is 1. The van der Waals surface area contributed by atoms with Gasteiger partial charge in [-0.3, -0.25) is 9.59 Å². The van der Waals surface area contributed by atoms with E-state index >= 15 is 0 Å². The summed E-state index contributed by atoms with van der Waals surface area (Å²) in [5.74, 6) is -0.0234. The Morgan fingerprint density at radius 1 is 1.24 bits per heavy atom. The molecule has 3 aromatic rings. The van der Waals surface area contributed by atoms with Crippen molar-refractivity contribution in [1.29, 1.82) is 0 Å². The zero-order valence-electron chi connectivity index (χ0n) is 15.5. The molecule has 2 aromatic carbocycles. The molecule has 0 bridgehead atoms. The van der Waals surface area contributed by atoms with Crippen LogP contribution < -0.4 is 10.2 Å². The van der Waals surface area contributed by atoms with Crippen molar-refractivity contribution in [2.45, 2.75) is 24.5 Å². The van der Waals surface area contributed by atoms with Crippen LogP contribution in [0.4, 0.5) is 11.4 Å². The number of hydrogen-bond acceptors (Lipinski definition) is 7. The minimum atomic E-state index is -0.278. The summed E-state index contributed by atoms with van der Waals surface area (Å²) in [6, 6.07) is 13.4. The van der Waals surface area contributed by atoms with Gasteiger partial charge in [-0.2, -0.15) is 4.68 Å². The Kier molecular flexibility index (Phi) is 5.17. The second kappa shape index (κ2) is 7.92. The number of nitrogens with zero attached hydrogens (tertiary/aromatic N) is 5. The summed E-state index contributed by atoms with van der Waals surface area (Å²) in [7, 11) is 0. The normalized spacial score (nSPS) is 16.1. The fourth-order valence-corrected chi connectivity index (χ4v) is 3.94. The van der Waals surface area contributed by atoms with E-state index in [0.717, 1.165) is 0 Å². The van der Waals surface area contributed by atoms with Gasteiger partial charge < -0.3 is 15.3 Å². The van der Waals surface area contributed by atoms with Crippen molar-refractivity contribution in [2.24, 2.45) is 0 Å². The molecule has 0 radical (unpaired) electrons. The van der Waals surface area contributed by atoms with Gasteiger partial charge in [0.15, 0.2) is 0 Å². The zero-order chi connectivity index (χ0) is 20.4. The third-order valence-electron chi connectivity index (χ3n) is 4.49. The van der Waals surface area contributed by atoms with Crippen molar-refractivity contribution >= 4 is 35.0 Å².